The fraction of sp³-hybridized carbons (Fsp3) is 0.250. The number of nitrogens with zero attached hydrogens (tertiary/aromatic N) is 2. The van der Waals surface area contributed by atoms with Gasteiger partial charge in [-0.15, -0.1) is 5.10 Å². The van der Waals surface area contributed by atoms with Crippen LogP contribution in [0.4, 0.5) is 5.95 Å². The maximum atomic E-state index is 11.6. The van der Waals surface area contributed by atoms with Crippen molar-refractivity contribution in [3.63, 3.8) is 0 Å². The van der Waals surface area contributed by atoms with Crippen LogP contribution in [0.3, 0.4) is 0 Å². The van der Waals surface area contributed by atoms with E-state index in [9.17, 15) is 4.79 Å². The van der Waals surface area contributed by atoms with E-state index in [4.69, 9.17) is 16.3 Å². The van der Waals surface area contributed by atoms with E-state index in [1.807, 2.05) is 12.1 Å². The molecule has 0 saturated carbocycles. The van der Waals surface area contributed by atoms with Crippen LogP contribution >= 0.6 is 11.6 Å². The number of anilines is 1. The standard InChI is InChI=1S/C12H13ClN4O2/c1-7(19-2)11(18)15-12-14-10(16-17-12)8-4-3-5-9(13)6-8/h3-7H,1-2H3,(H2,14,15,16,17,18). The summed E-state index contributed by atoms with van der Waals surface area (Å²) >= 11 is 5.90. The molecule has 6 nitrogen and oxygen atoms in total. The van der Waals surface area contributed by atoms with Gasteiger partial charge in [-0.1, -0.05) is 23.7 Å². The normalized spacial score (nSPS) is 12.2. The van der Waals surface area contributed by atoms with Gasteiger partial charge in [0.2, 0.25) is 5.95 Å². The Hall–Kier alpha value is -1.92. The molecule has 2 aromatic rings. The van der Waals surface area contributed by atoms with Crippen LogP contribution in [0, 0.1) is 0 Å². The third-order valence-corrected chi connectivity index (χ3v) is 2.78. The summed E-state index contributed by atoms with van der Waals surface area (Å²) in [5.74, 6) is 0.422. The summed E-state index contributed by atoms with van der Waals surface area (Å²) < 4.78 is 4.90. The molecule has 0 aliphatic carbocycles. The number of carbonyl (C=O) groups excluding carboxylic acids is 1. The number of hydrogen-bond donors (Lipinski definition) is 2. The number of hydrogen-bond acceptors (Lipinski definition) is 4. The van der Waals surface area contributed by atoms with Gasteiger partial charge in [0.1, 0.15) is 6.10 Å². The van der Waals surface area contributed by atoms with Crippen molar-refractivity contribution in [2.45, 2.75) is 13.0 Å². The number of methoxy groups -OCH3 is 1. The molecule has 7 heteroatoms. The van der Waals surface area contributed by atoms with Crippen molar-refractivity contribution in [1.29, 1.82) is 0 Å². The van der Waals surface area contributed by atoms with Gasteiger partial charge in [-0.2, -0.15) is 4.98 Å². The molecule has 100 valence electrons. The summed E-state index contributed by atoms with van der Waals surface area (Å²) in [4.78, 5) is 15.8. The minimum Gasteiger partial charge on any atom is -0.372 e. The monoisotopic (exact) mass is 280 g/mol. The Morgan fingerprint density at radius 2 is 2.32 bits per heavy atom. The zero-order chi connectivity index (χ0) is 13.8. The summed E-state index contributed by atoms with van der Waals surface area (Å²) in [7, 11) is 1.46. The SMILES string of the molecule is COC(C)C(=O)Nc1n[nH]c(-c2cccc(Cl)c2)n1. The van der Waals surface area contributed by atoms with Crippen molar-refractivity contribution in [3.8, 4) is 11.4 Å². The van der Waals surface area contributed by atoms with E-state index < -0.39 is 6.10 Å². The molecule has 0 spiro atoms. The Kier molecular flexibility index (Phi) is 4.13. The van der Waals surface area contributed by atoms with E-state index in [1.54, 1.807) is 19.1 Å². The number of benzene rings is 1. The number of halogens is 1. The summed E-state index contributed by atoms with van der Waals surface area (Å²) in [6.45, 7) is 1.64. The van der Waals surface area contributed by atoms with Gasteiger partial charge in [0.25, 0.3) is 5.91 Å². The number of H-pyrrole nitrogens is 1. The molecule has 1 aromatic carbocycles. The third-order valence-electron chi connectivity index (χ3n) is 2.54. The van der Waals surface area contributed by atoms with Crippen LogP contribution in [0.1, 0.15) is 6.92 Å². The van der Waals surface area contributed by atoms with E-state index in [0.717, 1.165) is 5.56 Å². The van der Waals surface area contributed by atoms with Crippen LogP contribution in [-0.2, 0) is 9.53 Å². The van der Waals surface area contributed by atoms with Gasteiger partial charge in [-0.25, -0.2) is 0 Å². The maximum absolute atomic E-state index is 11.6. The molecule has 1 aromatic heterocycles. The predicted molar refractivity (Wildman–Crippen MR) is 71.9 cm³/mol. The highest BCUT2D eigenvalue weighted by Gasteiger charge is 2.14. The lowest BCUT2D eigenvalue weighted by Gasteiger charge is -2.06. The van der Waals surface area contributed by atoms with Crippen molar-refractivity contribution in [3.05, 3.63) is 29.3 Å². The molecule has 1 amide bonds. The van der Waals surface area contributed by atoms with E-state index in [0.29, 0.717) is 10.8 Å². The predicted octanol–water partition coefficient (Wildman–Crippen LogP) is 2.10. The number of carbonyl (C=O) groups is 1. The van der Waals surface area contributed by atoms with Crippen molar-refractivity contribution < 1.29 is 9.53 Å². The Morgan fingerprint density at radius 3 is 3.00 bits per heavy atom. The van der Waals surface area contributed by atoms with E-state index >= 15 is 0 Å². The second-order valence-electron chi connectivity index (χ2n) is 3.89. The molecule has 0 aliphatic heterocycles. The van der Waals surface area contributed by atoms with E-state index in [-0.39, 0.29) is 11.9 Å². The number of ether oxygens (including phenoxy) is 1. The van der Waals surface area contributed by atoms with Crippen LogP contribution in [-0.4, -0.2) is 34.3 Å². The van der Waals surface area contributed by atoms with E-state index in [1.165, 1.54) is 7.11 Å². The van der Waals surface area contributed by atoms with Gasteiger partial charge >= 0.3 is 0 Å². The molecule has 1 atom stereocenters. The molecule has 0 saturated heterocycles. The third kappa shape index (κ3) is 3.30. The highest BCUT2D eigenvalue weighted by Crippen LogP contribution is 2.19. The molecule has 2 N–H and O–H groups in total. The van der Waals surface area contributed by atoms with Gasteiger partial charge in [-0.3, -0.25) is 15.2 Å². The van der Waals surface area contributed by atoms with Crippen LogP contribution < -0.4 is 5.32 Å². The largest absolute Gasteiger partial charge is 0.372 e. The fourth-order valence-electron chi connectivity index (χ4n) is 1.40. The summed E-state index contributed by atoms with van der Waals surface area (Å²) in [5.41, 5.74) is 0.792. The molecule has 0 radical (unpaired) electrons. The molecular formula is C12H13ClN4O2. The van der Waals surface area contributed by atoms with Gasteiger partial charge in [0, 0.05) is 17.7 Å². The second kappa shape index (κ2) is 5.81. The first-order chi connectivity index (χ1) is 9.10. The van der Waals surface area contributed by atoms with Crippen LogP contribution in [0.25, 0.3) is 11.4 Å². The Labute approximate surface area is 115 Å². The zero-order valence-electron chi connectivity index (χ0n) is 10.5. The summed E-state index contributed by atoms with van der Waals surface area (Å²) in [5, 5.41) is 9.80. The van der Waals surface area contributed by atoms with Crippen molar-refractivity contribution in [2.24, 2.45) is 0 Å². The van der Waals surface area contributed by atoms with Gasteiger partial charge in [-0.05, 0) is 19.1 Å². The Balaban J connectivity index is 2.13. The quantitative estimate of drug-likeness (QED) is 0.899. The highest BCUT2D eigenvalue weighted by molar-refractivity contribution is 6.30. The number of aromatic nitrogens is 3. The fourth-order valence-corrected chi connectivity index (χ4v) is 1.59. The lowest BCUT2D eigenvalue weighted by atomic mass is 10.2. The van der Waals surface area contributed by atoms with Crippen molar-refractivity contribution in [1.82, 2.24) is 15.2 Å². The minimum absolute atomic E-state index is 0.198. The highest BCUT2D eigenvalue weighted by atomic mass is 35.5. The Bertz CT molecular complexity index is 585. The second-order valence-corrected chi connectivity index (χ2v) is 4.32. The maximum Gasteiger partial charge on any atom is 0.255 e. The lowest BCUT2D eigenvalue weighted by Crippen LogP contribution is -2.27. The minimum atomic E-state index is -0.562. The molecule has 1 heterocycles. The van der Waals surface area contributed by atoms with Crippen molar-refractivity contribution >= 4 is 23.5 Å². The number of rotatable bonds is 4. The van der Waals surface area contributed by atoms with Gasteiger partial charge in [0.05, 0.1) is 0 Å². The van der Waals surface area contributed by atoms with Crippen LogP contribution in [0.15, 0.2) is 24.3 Å². The molecule has 0 fully saturated rings. The first kappa shape index (κ1) is 13.5. The van der Waals surface area contributed by atoms with Crippen LogP contribution in [0.2, 0.25) is 5.02 Å². The molecule has 2 rings (SSSR count). The van der Waals surface area contributed by atoms with E-state index in [2.05, 4.69) is 20.5 Å². The number of nitrogens with one attached hydrogen (secondary N) is 2. The average Bonchev–Trinajstić information content (AvgIpc) is 2.86. The lowest BCUT2D eigenvalue weighted by molar-refractivity contribution is -0.124. The average molecular weight is 281 g/mol. The summed E-state index contributed by atoms with van der Waals surface area (Å²) in [6, 6.07) is 7.18. The van der Waals surface area contributed by atoms with Crippen molar-refractivity contribution in [2.75, 3.05) is 12.4 Å². The first-order valence-electron chi connectivity index (χ1n) is 5.62. The van der Waals surface area contributed by atoms with Gasteiger partial charge < -0.3 is 4.74 Å². The Morgan fingerprint density at radius 1 is 1.53 bits per heavy atom. The molecule has 19 heavy (non-hydrogen) atoms. The number of aromatic amines is 1. The molecule has 0 aliphatic rings. The molecule has 1 unspecified atom stereocenters. The van der Waals surface area contributed by atoms with Crippen LogP contribution in [0.5, 0.6) is 0 Å². The van der Waals surface area contributed by atoms with Gasteiger partial charge in [0.15, 0.2) is 5.82 Å². The smallest absolute Gasteiger partial charge is 0.255 e. The molecule has 0 bridgehead atoms. The first-order valence-corrected chi connectivity index (χ1v) is 6.00. The number of amides is 1. The molecular weight excluding hydrogens is 268 g/mol. The zero-order valence-corrected chi connectivity index (χ0v) is 11.2. The topological polar surface area (TPSA) is 79.9 Å². The summed E-state index contributed by atoms with van der Waals surface area (Å²) in [6.07, 6.45) is -0.562.